The van der Waals surface area contributed by atoms with E-state index in [4.69, 9.17) is 9.72 Å². The fraction of sp³-hybridized carbons (Fsp3) is 0.242. The summed E-state index contributed by atoms with van der Waals surface area (Å²) in [6.45, 7) is 9.91. The van der Waals surface area contributed by atoms with Crippen LogP contribution in [0.1, 0.15) is 21.5 Å². The second-order valence-electron chi connectivity index (χ2n) is 11.9. The summed E-state index contributed by atoms with van der Waals surface area (Å²) in [6.07, 6.45) is 0.946. The predicted octanol–water partition coefficient (Wildman–Crippen LogP) is 8.73. The first-order chi connectivity index (χ1) is 20.9. The Morgan fingerprint density at radius 1 is 1.02 bits per heavy atom. The van der Waals surface area contributed by atoms with Crippen LogP contribution >= 0.6 is 0 Å². The summed E-state index contributed by atoms with van der Waals surface area (Å²) in [7, 11) is -1.23. The Labute approximate surface area is 255 Å². The Morgan fingerprint density at radius 2 is 1.84 bits per heavy atom. The van der Waals surface area contributed by atoms with Crippen LogP contribution in [0.2, 0.25) is 25.7 Å². The van der Waals surface area contributed by atoms with Gasteiger partial charge < -0.3 is 19.9 Å². The highest BCUT2D eigenvalue weighted by molar-refractivity contribution is 6.76. The third-order valence-corrected chi connectivity index (χ3v) is 8.85. The molecule has 0 saturated carbocycles. The Kier molecular flexibility index (Phi) is 8.89. The number of carbonyl (C=O) groups excluding carboxylic acids is 1. The third-order valence-electron chi connectivity index (χ3n) is 7.14. The SMILES string of the molecule is Cc1ccc(NC(=O)c2cccc(C(F)(F)F)c2)cc1Nc1cc(-c2cccnc2)c2ccn(COCC[Si](C)(C)C)c2n1. The maximum atomic E-state index is 13.2. The van der Waals surface area contributed by atoms with Crippen molar-refractivity contribution in [2.75, 3.05) is 17.2 Å². The molecule has 0 saturated heterocycles. The Hall–Kier alpha value is -4.48. The lowest BCUT2D eigenvalue weighted by molar-refractivity contribution is -0.137. The summed E-state index contributed by atoms with van der Waals surface area (Å²) >= 11 is 0. The Morgan fingerprint density at radius 3 is 2.57 bits per heavy atom. The lowest BCUT2D eigenvalue weighted by atomic mass is 10.1. The fourth-order valence-electron chi connectivity index (χ4n) is 4.64. The standard InChI is InChI=1S/C33H34F3N5O2Si/c1-22-10-11-26(38-32(42)23-7-5-9-25(17-23)33(34,35)36)18-29(22)39-30-19-28(24-8-6-13-37-20-24)27-12-14-41(31(27)40-30)21-43-15-16-44(2,3)4/h5-14,17-20H,15-16,21H2,1-4H3,(H,38,42)(H,39,40). The maximum Gasteiger partial charge on any atom is 0.416 e. The number of benzene rings is 2. The van der Waals surface area contributed by atoms with Crippen molar-refractivity contribution >= 4 is 42.2 Å². The molecule has 228 valence electrons. The van der Waals surface area contributed by atoms with Crippen LogP contribution in [0.5, 0.6) is 0 Å². The van der Waals surface area contributed by atoms with Crippen LogP contribution in [0.25, 0.3) is 22.2 Å². The van der Waals surface area contributed by atoms with Crippen LogP contribution in [0.15, 0.2) is 85.3 Å². The molecular weight excluding hydrogens is 583 g/mol. The summed E-state index contributed by atoms with van der Waals surface area (Å²) < 4.78 is 47.5. The van der Waals surface area contributed by atoms with E-state index in [1.165, 1.54) is 12.1 Å². The number of carbonyl (C=O) groups is 1. The molecule has 0 radical (unpaired) electrons. The summed E-state index contributed by atoms with van der Waals surface area (Å²) in [5, 5.41) is 7.04. The highest BCUT2D eigenvalue weighted by Gasteiger charge is 2.31. The molecule has 5 rings (SSSR count). The smallest absolute Gasteiger partial charge is 0.361 e. The molecule has 0 fully saturated rings. The van der Waals surface area contributed by atoms with E-state index in [1.807, 2.05) is 48.0 Å². The molecule has 0 unspecified atom stereocenters. The molecular formula is C33H34F3N5O2Si. The minimum absolute atomic E-state index is 0.0871. The van der Waals surface area contributed by atoms with Gasteiger partial charge in [-0.05, 0) is 72.6 Å². The first-order valence-electron chi connectivity index (χ1n) is 14.2. The van der Waals surface area contributed by atoms with Crippen molar-refractivity contribution in [1.29, 1.82) is 0 Å². The van der Waals surface area contributed by atoms with Gasteiger partial charge in [-0.2, -0.15) is 13.2 Å². The molecule has 0 aliphatic rings. The van der Waals surface area contributed by atoms with Crippen LogP contribution in [0.4, 0.5) is 30.4 Å². The molecule has 7 nitrogen and oxygen atoms in total. The number of pyridine rings is 2. The molecule has 3 aromatic heterocycles. The van der Waals surface area contributed by atoms with Gasteiger partial charge in [0.15, 0.2) is 0 Å². The number of nitrogens with one attached hydrogen (secondary N) is 2. The van der Waals surface area contributed by atoms with Gasteiger partial charge in [0, 0.05) is 61.2 Å². The van der Waals surface area contributed by atoms with E-state index in [0.29, 0.717) is 30.5 Å². The molecule has 3 heterocycles. The summed E-state index contributed by atoms with van der Waals surface area (Å²) in [5.74, 6) is -0.0703. The van der Waals surface area contributed by atoms with Gasteiger partial charge in [-0.3, -0.25) is 9.78 Å². The molecule has 0 spiro atoms. The van der Waals surface area contributed by atoms with Gasteiger partial charge in [0.2, 0.25) is 0 Å². The number of aryl methyl sites for hydroxylation is 1. The number of aromatic nitrogens is 3. The van der Waals surface area contributed by atoms with Crippen LogP contribution in [-0.2, 0) is 17.6 Å². The number of hydrogen-bond acceptors (Lipinski definition) is 5. The van der Waals surface area contributed by atoms with Crippen molar-refractivity contribution in [2.45, 2.75) is 45.5 Å². The number of hydrogen-bond donors (Lipinski definition) is 2. The Balaban J connectivity index is 1.43. The molecule has 5 aromatic rings. The monoisotopic (exact) mass is 617 g/mol. The number of fused-ring (bicyclic) bond motifs is 1. The van der Waals surface area contributed by atoms with E-state index in [9.17, 15) is 18.0 Å². The molecule has 0 atom stereocenters. The van der Waals surface area contributed by atoms with Crippen molar-refractivity contribution in [3.63, 3.8) is 0 Å². The van der Waals surface area contributed by atoms with Gasteiger partial charge >= 0.3 is 6.18 Å². The van der Waals surface area contributed by atoms with Crippen LogP contribution < -0.4 is 10.6 Å². The van der Waals surface area contributed by atoms with Gasteiger partial charge in [0.25, 0.3) is 5.91 Å². The van der Waals surface area contributed by atoms with Crippen molar-refractivity contribution in [2.24, 2.45) is 0 Å². The second-order valence-corrected chi connectivity index (χ2v) is 17.5. The lowest BCUT2D eigenvalue weighted by Gasteiger charge is -2.16. The molecule has 2 aromatic carbocycles. The fourth-order valence-corrected chi connectivity index (χ4v) is 5.40. The van der Waals surface area contributed by atoms with Gasteiger partial charge in [-0.15, -0.1) is 0 Å². The molecule has 2 N–H and O–H groups in total. The average Bonchev–Trinajstić information content (AvgIpc) is 3.39. The van der Waals surface area contributed by atoms with E-state index in [0.717, 1.165) is 45.9 Å². The minimum atomic E-state index is -4.54. The topological polar surface area (TPSA) is 81.1 Å². The van der Waals surface area contributed by atoms with Crippen LogP contribution in [0.3, 0.4) is 0 Å². The van der Waals surface area contributed by atoms with Gasteiger partial charge in [-0.1, -0.05) is 37.8 Å². The van der Waals surface area contributed by atoms with Gasteiger partial charge in [-0.25, -0.2) is 4.98 Å². The van der Waals surface area contributed by atoms with Crippen molar-refractivity contribution in [3.8, 4) is 11.1 Å². The number of nitrogens with zero attached hydrogens (tertiary/aromatic N) is 3. The maximum absolute atomic E-state index is 13.2. The van der Waals surface area contributed by atoms with Gasteiger partial charge in [0.1, 0.15) is 18.2 Å². The first-order valence-corrected chi connectivity index (χ1v) is 17.9. The zero-order valence-electron chi connectivity index (χ0n) is 25.0. The molecule has 1 amide bonds. The number of rotatable bonds is 10. The van der Waals surface area contributed by atoms with Crippen molar-refractivity contribution in [1.82, 2.24) is 14.5 Å². The number of halogens is 3. The molecule has 44 heavy (non-hydrogen) atoms. The highest BCUT2D eigenvalue weighted by atomic mass is 28.3. The normalized spacial score (nSPS) is 12.0. The largest absolute Gasteiger partial charge is 0.416 e. The Bertz CT molecular complexity index is 1780. The minimum Gasteiger partial charge on any atom is -0.361 e. The van der Waals surface area contributed by atoms with E-state index >= 15 is 0 Å². The summed E-state index contributed by atoms with van der Waals surface area (Å²) in [4.78, 5) is 22.1. The van der Waals surface area contributed by atoms with Crippen molar-refractivity contribution < 1.29 is 22.7 Å². The first kappa shape index (κ1) is 31.0. The van der Waals surface area contributed by atoms with Crippen LogP contribution in [-0.4, -0.2) is 35.1 Å². The number of anilines is 3. The second kappa shape index (κ2) is 12.6. The number of ether oxygens (including phenoxy) is 1. The number of amides is 1. The zero-order chi connectivity index (χ0) is 31.5. The average molecular weight is 618 g/mol. The summed E-state index contributed by atoms with van der Waals surface area (Å²) in [6, 6.07) is 18.5. The molecule has 0 aliphatic carbocycles. The van der Waals surface area contributed by atoms with E-state index in [2.05, 4.69) is 35.3 Å². The highest BCUT2D eigenvalue weighted by Crippen LogP contribution is 2.33. The molecule has 11 heteroatoms. The van der Waals surface area contributed by atoms with Crippen molar-refractivity contribution in [3.05, 3.63) is 102 Å². The van der Waals surface area contributed by atoms with Crippen LogP contribution in [0, 0.1) is 6.92 Å². The predicted molar refractivity (Wildman–Crippen MR) is 171 cm³/mol. The van der Waals surface area contributed by atoms with E-state index in [1.54, 1.807) is 24.5 Å². The van der Waals surface area contributed by atoms with Gasteiger partial charge in [0.05, 0.1) is 5.56 Å². The van der Waals surface area contributed by atoms with E-state index in [-0.39, 0.29) is 5.56 Å². The van der Waals surface area contributed by atoms with E-state index < -0.39 is 25.7 Å². The molecule has 0 aliphatic heterocycles. The zero-order valence-corrected chi connectivity index (χ0v) is 26.0. The number of alkyl halides is 3. The third kappa shape index (κ3) is 7.53. The quantitative estimate of drug-likeness (QED) is 0.121. The molecule has 0 bridgehead atoms. The lowest BCUT2D eigenvalue weighted by Crippen LogP contribution is -2.22. The summed E-state index contributed by atoms with van der Waals surface area (Å²) in [5.41, 5.74) is 3.64.